The van der Waals surface area contributed by atoms with Gasteiger partial charge >= 0.3 is 0 Å². The Balaban J connectivity index is 1.73. The minimum Gasteiger partial charge on any atom is -0.274 e. The molecule has 1 heterocycles. The predicted molar refractivity (Wildman–Crippen MR) is 122 cm³/mol. The average molecular weight is 449 g/mol. The van der Waals surface area contributed by atoms with Crippen LogP contribution in [0.5, 0.6) is 0 Å². The molecule has 1 aromatic rings. The maximum Gasteiger partial charge on any atom is 0.240 e. The molecule has 7 heteroatoms. The molecular weight excluding hydrogens is 412 g/mol. The average Bonchev–Trinajstić information content (AvgIpc) is 2.90. The van der Waals surface area contributed by atoms with Gasteiger partial charge in [0.2, 0.25) is 21.8 Å². The van der Waals surface area contributed by atoms with Crippen molar-refractivity contribution in [1.29, 1.82) is 0 Å². The maximum atomic E-state index is 13.4. The van der Waals surface area contributed by atoms with Crippen LogP contribution in [0.1, 0.15) is 79.1 Å². The number of anilines is 1. The predicted octanol–water partition coefficient (Wildman–Crippen LogP) is 4.64. The van der Waals surface area contributed by atoms with Gasteiger partial charge in [0, 0.05) is 12.5 Å². The molecule has 3 rings (SSSR count). The summed E-state index contributed by atoms with van der Waals surface area (Å²) in [5, 5.41) is 0. The third kappa shape index (κ3) is 4.31. The lowest BCUT2D eigenvalue weighted by Crippen LogP contribution is -2.59. The van der Waals surface area contributed by atoms with Crippen molar-refractivity contribution < 1.29 is 18.0 Å². The monoisotopic (exact) mass is 448 g/mol. The van der Waals surface area contributed by atoms with Gasteiger partial charge in [-0.2, -0.15) is 0 Å². The zero-order valence-corrected chi connectivity index (χ0v) is 20.1. The summed E-state index contributed by atoms with van der Waals surface area (Å²) in [5.74, 6) is -0.688. The topological polar surface area (TPSA) is 83.6 Å². The minimum atomic E-state index is -3.70. The molecular formula is C24H36N2O4S. The van der Waals surface area contributed by atoms with Crippen LogP contribution >= 0.6 is 0 Å². The molecule has 1 aliphatic carbocycles. The smallest absolute Gasteiger partial charge is 0.240 e. The zero-order valence-electron chi connectivity index (χ0n) is 19.2. The summed E-state index contributed by atoms with van der Waals surface area (Å²) in [6, 6.07) is 6.19. The summed E-state index contributed by atoms with van der Waals surface area (Å²) in [6.07, 6.45) is 7.83. The Morgan fingerprint density at radius 3 is 2.45 bits per heavy atom. The molecule has 0 spiro atoms. The summed E-state index contributed by atoms with van der Waals surface area (Å²) < 4.78 is 28.2. The van der Waals surface area contributed by atoms with Crippen LogP contribution in [0.2, 0.25) is 0 Å². The van der Waals surface area contributed by atoms with Crippen LogP contribution in [-0.2, 0) is 19.6 Å². The summed E-state index contributed by atoms with van der Waals surface area (Å²) in [6.45, 7) is 8.46. The molecule has 1 aliphatic heterocycles. The standard InChI is InChI=1S/C24H36N2O4S/c1-5-6-7-8-9-10-16-25-31(29,30)19-13-11-12-18(17-19)26-21(27)20-14-15-24(4,22(26)28)23(20,2)3/h11-13,17,20,25H,5-10,14-16H2,1-4H3/t20-,24+/m1/s1. The fourth-order valence-corrected chi connectivity index (χ4v) is 6.16. The number of fused-ring (bicyclic) bond motifs is 2. The molecule has 1 aromatic carbocycles. The number of nitrogens with one attached hydrogen (secondary N) is 1. The quantitative estimate of drug-likeness (QED) is 0.417. The lowest BCUT2D eigenvalue weighted by Gasteiger charge is -2.47. The van der Waals surface area contributed by atoms with Crippen LogP contribution in [0.25, 0.3) is 0 Å². The van der Waals surface area contributed by atoms with Crippen LogP contribution in [0.3, 0.4) is 0 Å². The van der Waals surface area contributed by atoms with E-state index in [1.54, 1.807) is 12.1 Å². The SMILES string of the molecule is CCCCCCCCNS(=O)(=O)c1cccc(N2C(=O)[C@H]3CC[C@@](C)(C2=O)C3(C)C)c1. The molecule has 172 valence electrons. The lowest BCUT2D eigenvalue weighted by molar-refractivity contribution is -0.146. The number of nitrogens with zero attached hydrogens (tertiary/aromatic N) is 1. The number of carbonyl (C=O) groups excluding carboxylic acids is 2. The first kappa shape index (κ1) is 23.9. The Morgan fingerprint density at radius 1 is 1.06 bits per heavy atom. The van der Waals surface area contributed by atoms with Gasteiger partial charge in [-0.05, 0) is 42.9 Å². The van der Waals surface area contributed by atoms with E-state index in [1.165, 1.54) is 36.3 Å². The van der Waals surface area contributed by atoms with Crippen LogP contribution in [-0.4, -0.2) is 26.8 Å². The summed E-state index contributed by atoms with van der Waals surface area (Å²) in [7, 11) is -3.70. The summed E-state index contributed by atoms with van der Waals surface area (Å²) in [5.41, 5.74) is -0.692. The van der Waals surface area contributed by atoms with E-state index in [4.69, 9.17) is 0 Å². The Kier molecular flexibility index (Phi) is 6.96. The van der Waals surface area contributed by atoms with Crippen LogP contribution in [0, 0.1) is 16.7 Å². The molecule has 0 unspecified atom stereocenters. The van der Waals surface area contributed by atoms with Crippen molar-refractivity contribution in [3.63, 3.8) is 0 Å². The van der Waals surface area contributed by atoms with Crippen molar-refractivity contribution in [2.75, 3.05) is 11.4 Å². The number of piperidine rings is 1. The second-order valence-corrected chi connectivity index (χ2v) is 11.6. The number of amides is 2. The molecule has 1 saturated heterocycles. The Labute approximate surface area is 186 Å². The Bertz CT molecular complexity index is 941. The molecule has 2 aliphatic rings. The van der Waals surface area contributed by atoms with Gasteiger partial charge in [0.15, 0.2) is 0 Å². The van der Waals surface area contributed by atoms with Gasteiger partial charge in [0.25, 0.3) is 0 Å². The lowest BCUT2D eigenvalue weighted by atomic mass is 9.62. The fourth-order valence-electron chi connectivity index (χ4n) is 5.05. The first-order valence-corrected chi connectivity index (χ1v) is 13.0. The van der Waals surface area contributed by atoms with E-state index in [-0.39, 0.29) is 22.6 Å². The molecule has 0 aromatic heterocycles. The van der Waals surface area contributed by atoms with Crippen molar-refractivity contribution in [3.05, 3.63) is 24.3 Å². The first-order chi connectivity index (χ1) is 14.6. The van der Waals surface area contributed by atoms with E-state index >= 15 is 0 Å². The molecule has 2 bridgehead atoms. The third-order valence-corrected chi connectivity index (χ3v) is 9.09. The van der Waals surface area contributed by atoms with E-state index in [1.807, 2.05) is 20.8 Å². The maximum absolute atomic E-state index is 13.4. The van der Waals surface area contributed by atoms with E-state index in [0.717, 1.165) is 19.3 Å². The molecule has 1 N–H and O–H groups in total. The Hall–Kier alpha value is -1.73. The molecule has 2 amide bonds. The van der Waals surface area contributed by atoms with E-state index in [9.17, 15) is 18.0 Å². The zero-order chi connectivity index (χ0) is 22.9. The normalized spacial score (nSPS) is 25.3. The van der Waals surface area contributed by atoms with Crippen molar-refractivity contribution in [2.45, 2.75) is 84.0 Å². The molecule has 0 radical (unpaired) electrons. The van der Waals surface area contributed by atoms with Gasteiger partial charge in [-0.1, -0.05) is 65.9 Å². The second kappa shape index (κ2) is 9.02. The van der Waals surface area contributed by atoms with Crippen LogP contribution in [0.15, 0.2) is 29.2 Å². The highest BCUT2D eigenvalue weighted by molar-refractivity contribution is 7.89. The number of hydrogen-bond donors (Lipinski definition) is 1. The highest BCUT2D eigenvalue weighted by atomic mass is 32.2. The van der Waals surface area contributed by atoms with Gasteiger partial charge in [-0.25, -0.2) is 18.0 Å². The Morgan fingerprint density at radius 2 is 1.74 bits per heavy atom. The van der Waals surface area contributed by atoms with E-state index < -0.39 is 20.9 Å². The van der Waals surface area contributed by atoms with Crippen LogP contribution in [0.4, 0.5) is 5.69 Å². The van der Waals surface area contributed by atoms with Crippen molar-refractivity contribution in [1.82, 2.24) is 4.72 Å². The van der Waals surface area contributed by atoms with Gasteiger partial charge in [0.05, 0.1) is 16.0 Å². The fraction of sp³-hybridized carbons (Fsp3) is 0.667. The van der Waals surface area contributed by atoms with Crippen LogP contribution < -0.4 is 9.62 Å². The number of hydrogen-bond acceptors (Lipinski definition) is 4. The van der Waals surface area contributed by atoms with Crippen molar-refractivity contribution in [2.24, 2.45) is 16.7 Å². The number of rotatable bonds is 10. The first-order valence-electron chi connectivity index (χ1n) is 11.5. The number of benzene rings is 1. The molecule has 2 fully saturated rings. The molecule has 6 nitrogen and oxygen atoms in total. The molecule has 2 atom stereocenters. The highest BCUT2D eigenvalue weighted by Crippen LogP contribution is 2.60. The minimum absolute atomic E-state index is 0.0823. The third-order valence-electron chi connectivity index (χ3n) is 7.63. The number of unbranched alkanes of at least 4 members (excludes halogenated alkanes) is 5. The van der Waals surface area contributed by atoms with Gasteiger partial charge in [-0.3, -0.25) is 9.59 Å². The number of sulfonamides is 1. The van der Waals surface area contributed by atoms with Gasteiger partial charge < -0.3 is 0 Å². The largest absolute Gasteiger partial charge is 0.274 e. The van der Waals surface area contributed by atoms with Crippen molar-refractivity contribution >= 4 is 27.5 Å². The van der Waals surface area contributed by atoms with Gasteiger partial charge in [-0.15, -0.1) is 0 Å². The highest BCUT2D eigenvalue weighted by Gasteiger charge is 2.64. The summed E-state index contributed by atoms with van der Waals surface area (Å²) >= 11 is 0. The second-order valence-electron chi connectivity index (χ2n) is 9.79. The molecule has 31 heavy (non-hydrogen) atoms. The molecule has 1 saturated carbocycles. The van der Waals surface area contributed by atoms with E-state index in [2.05, 4.69) is 11.6 Å². The number of carbonyl (C=O) groups is 2. The van der Waals surface area contributed by atoms with E-state index in [0.29, 0.717) is 25.1 Å². The van der Waals surface area contributed by atoms with Crippen molar-refractivity contribution in [3.8, 4) is 0 Å². The summed E-state index contributed by atoms with van der Waals surface area (Å²) in [4.78, 5) is 27.8. The van der Waals surface area contributed by atoms with Gasteiger partial charge in [0.1, 0.15) is 0 Å². The number of imide groups is 1.